The third-order valence-corrected chi connectivity index (χ3v) is 10.8. The Balaban J connectivity index is 1.22. The molecule has 0 amide bonds. The minimum atomic E-state index is 0.916. The van der Waals surface area contributed by atoms with Gasteiger partial charge in [0.2, 0.25) is 0 Å². The van der Waals surface area contributed by atoms with Gasteiger partial charge in [0.25, 0.3) is 0 Å². The van der Waals surface area contributed by atoms with Crippen molar-refractivity contribution in [1.82, 2.24) is 0 Å². The summed E-state index contributed by atoms with van der Waals surface area (Å²) in [5, 5.41) is 14.6. The van der Waals surface area contributed by atoms with Crippen LogP contribution in [0.4, 0.5) is 17.1 Å². The Hall–Kier alpha value is -6.90. The predicted molar refractivity (Wildman–Crippen MR) is 221 cm³/mol. The van der Waals surface area contributed by atoms with Crippen LogP contribution in [0, 0.1) is 0 Å². The van der Waals surface area contributed by atoms with E-state index in [1.807, 2.05) is 6.07 Å². The zero-order valence-electron chi connectivity index (χ0n) is 28.3. The summed E-state index contributed by atoms with van der Waals surface area (Å²) in [6, 6.07) is 68.1. The largest absolute Gasteiger partial charge is 0.456 e. The summed E-state index contributed by atoms with van der Waals surface area (Å²) in [4.78, 5) is 2.46. The molecule has 0 saturated carbocycles. The predicted octanol–water partition coefficient (Wildman–Crippen LogP) is 14.5. The number of benzene rings is 10. The van der Waals surface area contributed by atoms with E-state index in [0.29, 0.717) is 0 Å². The molecular weight excluding hydrogens is 631 g/mol. The van der Waals surface area contributed by atoms with Gasteiger partial charge in [-0.2, -0.15) is 0 Å². The number of nitrogens with zero attached hydrogens (tertiary/aromatic N) is 1. The quantitative estimate of drug-likeness (QED) is 0.175. The second kappa shape index (κ2) is 11.3. The Morgan fingerprint density at radius 3 is 1.58 bits per heavy atom. The molecule has 10 aromatic carbocycles. The van der Waals surface area contributed by atoms with Crippen LogP contribution in [0.5, 0.6) is 0 Å². The van der Waals surface area contributed by atoms with Crippen molar-refractivity contribution >= 4 is 92.9 Å². The number of anilines is 3. The van der Waals surface area contributed by atoms with Crippen LogP contribution in [-0.2, 0) is 0 Å². The van der Waals surface area contributed by atoms with Gasteiger partial charge in [0.15, 0.2) is 0 Å². The Bertz CT molecular complexity index is 3120. The molecule has 0 aliphatic rings. The zero-order chi connectivity index (χ0) is 34.2. The molecule has 1 heterocycles. The molecule has 0 bridgehead atoms. The first-order valence-electron chi connectivity index (χ1n) is 17.9. The maximum Gasteiger partial charge on any atom is 0.136 e. The highest BCUT2D eigenvalue weighted by atomic mass is 16.3. The normalized spacial score (nSPS) is 11.8. The van der Waals surface area contributed by atoms with Gasteiger partial charge in [-0.25, -0.2) is 0 Å². The molecule has 0 aliphatic carbocycles. The first kappa shape index (κ1) is 28.9. The van der Waals surface area contributed by atoms with Crippen molar-refractivity contribution in [3.8, 4) is 11.1 Å². The molecule has 0 N–H and O–H groups in total. The third-order valence-electron chi connectivity index (χ3n) is 10.8. The zero-order valence-corrected chi connectivity index (χ0v) is 28.3. The second-order valence-electron chi connectivity index (χ2n) is 13.6. The number of hydrogen-bond donors (Lipinski definition) is 0. The molecule has 2 heteroatoms. The van der Waals surface area contributed by atoms with Crippen LogP contribution in [0.25, 0.3) is 86.9 Å². The van der Waals surface area contributed by atoms with Crippen molar-refractivity contribution in [2.24, 2.45) is 0 Å². The van der Waals surface area contributed by atoms with Gasteiger partial charge < -0.3 is 9.32 Å². The molecule has 1 aromatic heterocycles. The van der Waals surface area contributed by atoms with Crippen LogP contribution in [0.1, 0.15) is 0 Å². The lowest BCUT2D eigenvalue weighted by Gasteiger charge is -2.30. The van der Waals surface area contributed by atoms with Gasteiger partial charge in [-0.3, -0.25) is 0 Å². The van der Waals surface area contributed by atoms with E-state index in [-0.39, 0.29) is 0 Å². The second-order valence-corrected chi connectivity index (χ2v) is 13.6. The molecule has 2 nitrogen and oxygen atoms in total. The minimum absolute atomic E-state index is 0.916. The fourth-order valence-corrected chi connectivity index (χ4v) is 8.53. The average molecular weight is 662 g/mol. The molecule has 0 unspecified atom stereocenters. The Morgan fingerprint density at radius 2 is 0.827 bits per heavy atom. The molecule has 52 heavy (non-hydrogen) atoms. The van der Waals surface area contributed by atoms with Crippen LogP contribution in [0.3, 0.4) is 0 Å². The number of para-hydroxylation sites is 2. The van der Waals surface area contributed by atoms with Gasteiger partial charge >= 0.3 is 0 Å². The fraction of sp³-hybridized carbons (Fsp3) is 0. The van der Waals surface area contributed by atoms with Crippen LogP contribution in [0.2, 0.25) is 0 Å². The first-order valence-corrected chi connectivity index (χ1v) is 17.9. The Morgan fingerprint density at radius 1 is 0.308 bits per heavy atom. The topological polar surface area (TPSA) is 16.4 Å². The van der Waals surface area contributed by atoms with Gasteiger partial charge in [0, 0.05) is 32.5 Å². The highest BCUT2D eigenvalue weighted by molar-refractivity contribution is 6.34. The van der Waals surface area contributed by atoms with Gasteiger partial charge in [0.1, 0.15) is 11.2 Å². The number of hydrogen-bond acceptors (Lipinski definition) is 2. The van der Waals surface area contributed by atoms with E-state index in [4.69, 9.17) is 4.42 Å². The summed E-state index contributed by atoms with van der Waals surface area (Å²) in [7, 11) is 0. The minimum Gasteiger partial charge on any atom is -0.456 e. The summed E-state index contributed by atoms with van der Waals surface area (Å²) in [5.74, 6) is 0. The number of fused-ring (bicyclic) bond motifs is 12. The van der Waals surface area contributed by atoms with Gasteiger partial charge in [-0.1, -0.05) is 146 Å². The lowest BCUT2D eigenvalue weighted by molar-refractivity contribution is 0.669. The molecule has 0 saturated heterocycles. The highest BCUT2D eigenvalue weighted by Gasteiger charge is 2.22. The lowest BCUT2D eigenvalue weighted by Crippen LogP contribution is -2.12. The maximum absolute atomic E-state index is 6.40. The van der Waals surface area contributed by atoms with Crippen molar-refractivity contribution in [2.75, 3.05) is 4.90 Å². The third kappa shape index (κ3) is 4.25. The Kier molecular flexibility index (Phi) is 6.28. The Labute approximate surface area is 300 Å². The number of rotatable bonds is 4. The summed E-state index contributed by atoms with van der Waals surface area (Å²) >= 11 is 0. The van der Waals surface area contributed by atoms with Crippen molar-refractivity contribution in [3.63, 3.8) is 0 Å². The molecule has 0 atom stereocenters. The number of furan rings is 1. The molecule has 11 aromatic rings. The summed E-state index contributed by atoms with van der Waals surface area (Å²) in [5.41, 5.74) is 7.59. The highest BCUT2D eigenvalue weighted by Crippen LogP contribution is 2.47. The van der Waals surface area contributed by atoms with Crippen LogP contribution in [-0.4, -0.2) is 0 Å². The van der Waals surface area contributed by atoms with Crippen molar-refractivity contribution in [1.29, 1.82) is 0 Å². The van der Waals surface area contributed by atoms with Gasteiger partial charge in [-0.05, 0) is 85.7 Å². The smallest absolute Gasteiger partial charge is 0.136 e. The van der Waals surface area contributed by atoms with Crippen molar-refractivity contribution < 1.29 is 4.42 Å². The molecule has 0 spiro atoms. The van der Waals surface area contributed by atoms with Gasteiger partial charge in [-0.15, -0.1) is 0 Å². The van der Waals surface area contributed by atoms with Gasteiger partial charge in [0.05, 0.1) is 17.1 Å². The molecule has 0 aliphatic heterocycles. The SMILES string of the molecule is c1ccc(N(c2cccc3ccccc23)c2cccc3ccccc23)c(-c2ccc3c4ccccc4c4c(ccc5oc6ccccc6c54)c3c2)c1. The van der Waals surface area contributed by atoms with E-state index in [9.17, 15) is 0 Å². The molecule has 242 valence electrons. The standard InChI is InChI=1S/C50H31NO/c1-3-17-35-32(13-1)15-11-24-45(35)51(46-25-12-16-33-14-2-4-18-36(33)46)44-23-9-7-19-37(44)34-27-28-39-38-20-5-6-21-40(38)49-41(43(39)31-34)29-30-48-50(49)42-22-8-10-26-47(42)52-48/h1-31H. The van der Waals surface area contributed by atoms with E-state index < -0.39 is 0 Å². The van der Waals surface area contributed by atoms with E-state index in [1.54, 1.807) is 0 Å². The van der Waals surface area contributed by atoms with Crippen molar-refractivity contribution in [2.45, 2.75) is 0 Å². The molecule has 0 fully saturated rings. The maximum atomic E-state index is 6.40. The van der Waals surface area contributed by atoms with E-state index in [2.05, 4.69) is 187 Å². The molecule has 11 rings (SSSR count). The summed E-state index contributed by atoms with van der Waals surface area (Å²) in [6.45, 7) is 0. The monoisotopic (exact) mass is 661 g/mol. The van der Waals surface area contributed by atoms with E-state index >= 15 is 0 Å². The fourth-order valence-electron chi connectivity index (χ4n) is 8.53. The summed E-state index contributed by atoms with van der Waals surface area (Å²) < 4.78 is 6.40. The molecule has 0 radical (unpaired) electrons. The van der Waals surface area contributed by atoms with Crippen LogP contribution < -0.4 is 4.90 Å². The first-order chi connectivity index (χ1) is 25.8. The van der Waals surface area contributed by atoms with Crippen LogP contribution >= 0.6 is 0 Å². The average Bonchev–Trinajstić information content (AvgIpc) is 3.60. The molecular formula is C50H31NO. The van der Waals surface area contributed by atoms with E-state index in [0.717, 1.165) is 33.6 Å². The van der Waals surface area contributed by atoms with E-state index in [1.165, 1.54) is 70.4 Å². The van der Waals surface area contributed by atoms with Crippen molar-refractivity contribution in [3.05, 3.63) is 188 Å². The van der Waals surface area contributed by atoms with Crippen LogP contribution in [0.15, 0.2) is 192 Å². The lowest BCUT2D eigenvalue weighted by atomic mass is 9.89. The summed E-state index contributed by atoms with van der Waals surface area (Å²) in [6.07, 6.45) is 0.